The van der Waals surface area contributed by atoms with E-state index in [2.05, 4.69) is 5.32 Å². The summed E-state index contributed by atoms with van der Waals surface area (Å²) in [6.07, 6.45) is -4.41. The zero-order valence-electron chi connectivity index (χ0n) is 12.2. The molecule has 7 nitrogen and oxygen atoms in total. The minimum Gasteiger partial charge on any atom is -0.465 e. The number of rotatable bonds is 3. The summed E-state index contributed by atoms with van der Waals surface area (Å²) < 4.78 is 32.7. The van der Waals surface area contributed by atoms with E-state index in [1.807, 2.05) is 0 Å². The van der Waals surface area contributed by atoms with Crippen molar-refractivity contribution in [3.63, 3.8) is 0 Å². The van der Waals surface area contributed by atoms with E-state index in [-0.39, 0.29) is 13.2 Å². The first-order chi connectivity index (χ1) is 10.3. The molecular weight excluding hydrogens is 302 g/mol. The van der Waals surface area contributed by atoms with Gasteiger partial charge in [0.1, 0.15) is 18.0 Å². The Morgan fingerprint density at radius 2 is 2.09 bits per heavy atom. The van der Waals surface area contributed by atoms with Crippen LogP contribution in [0.25, 0.3) is 0 Å². The Hall–Kier alpha value is -1.64. The standard InChI is InChI=1S/C13H18F2N2O5/c1-3-22-13(19)6-4-16-10-5(2)8(14)9(15)11(17(20)21)7(10)12(6)18/h5-11,16H,3-4H2,1-2H3. The number of nitro groups is 1. The number of halogens is 2. The number of hydrogen-bond acceptors (Lipinski definition) is 6. The second-order valence-corrected chi connectivity index (χ2v) is 5.69. The summed E-state index contributed by atoms with van der Waals surface area (Å²) in [6, 6.07) is -2.86. The molecule has 7 atom stereocenters. The number of carbonyl (C=O) groups is 2. The SMILES string of the molecule is CCOC(=O)C1CNC2C(C)C(F)C(F)C([N+](=O)[O-])C2C1=O. The van der Waals surface area contributed by atoms with E-state index < -0.39 is 58.9 Å². The van der Waals surface area contributed by atoms with Crippen LogP contribution in [-0.4, -0.2) is 54.3 Å². The molecule has 22 heavy (non-hydrogen) atoms. The summed E-state index contributed by atoms with van der Waals surface area (Å²) in [4.78, 5) is 34.4. The van der Waals surface area contributed by atoms with Gasteiger partial charge >= 0.3 is 5.97 Å². The number of piperidine rings is 1. The molecular formula is C13H18F2N2O5. The fourth-order valence-corrected chi connectivity index (χ4v) is 3.35. The number of carbonyl (C=O) groups excluding carboxylic acids is 2. The van der Waals surface area contributed by atoms with Crippen molar-refractivity contribution in [1.82, 2.24) is 5.32 Å². The lowest BCUT2D eigenvalue weighted by Gasteiger charge is -2.44. The van der Waals surface area contributed by atoms with Crippen molar-refractivity contribution in [1.29, 1.82) is 0 Å². The zero-order chi connectivity index (χ0) is 16.6. The fraction of sp³-hybridized carbons (Fsp3) is 0.846. The monoisotopic (exact) mass is 320 g/mol. The van der Waals surface area contributed by atoms with Gasteiger partial charge in [0, 0.05) is 23.4 Å². The molecule has 7 unspecified atom stereocenters. The van der Waals surface area contributed by atoms with Gasteiger partial charge in [-0.05, 0) is 6.92 Å². The van der Waals surface area contributed by atoms with Crippen LogP contribution >= 0.6 is 0 Å². The van der Waals surface area contributed by atoms with E-state index in [4.69, 9.17) is 4.74 Å². The molecule has 1 saturated carbocycles. The highest BCUT2D eigenvalue weighted by atomic mass is 19.2. The molecule has 0 spiro atoms. The molecule has 2 aliphatic rings. The molecule has 0 bridgehead atoms. The highest BCUT2D eigenvalue weighted by molar-refractivity contribution is 6.01. The third kappa shape index (κ3) is 2.57. The lowest BCUT2D eigenvalue weighted by atomic mass is 9.67. The molecule has 1 aliphatic heterocycles. The molecule has 1 saturated heterocycles. The minimum atomic E-state index is -2.38. The van der Waals surface area contributed by atoms with Gasteiger partial charge in [-0.25, -0.2) is 8.78 Å². The van der Waals surface area contributed by atoms with Gasteiger partial charge in [0.05, 0.1) is 6.61 Å². The molecule has 2 rings (SSSR count). The van der Waals surface area contributed by atoms with Crippen molar-refractivity contribution < 1.29 is 28.0 Å². The first-order valence-electron chi connectivity index (χ1n) is 7.16. The van der Waals surface area contributed by atoms with Crippen LogP contribution in [0.5, 0.6) is 0 Å². The van der Waals surface area contributed by atoms with E-state index in [9.17, 15) is 28.5 Å². The Bertz CT molecular complexity index is 489. The Morgan fingerprint density at radius 1 is 1.45 bits per heavy atom. The Morgan fingerprint density at radius 3 is 2.64 bits per heavy atom. The summed E-state index contributed by atoms with van der Waals surface area (Å²) in [5.74, 6) is -5.05. The topological polar surface area (TPSA) is 98.5 Å². The van der Waals surface area contributed by atoms with Gasteiger partial charge in [-0.2, -0.15) is 0 Å². The van der Waals surface area contributed by atoms with Gasteiger partial charge < -0.3 is 10.1 Å². The molecule has 1 N–H and O–H groups in total. The molecule has 1 aliphatic carbocycles. The predicted octanol–water partition coefficient (Wildman–Crippen LogP) is 0.294. The first-order valence-corrected chi connectivity index (χ1v) is 7.16. The Kier molecular flexibility index (Phi) is 4.74. The minimum absolute atomic E-state index is 0.0596. The van der Waals surface area contributed by atoms with Crippen LogP contribution in [0.15, 0.2) is 0 Å². The van der Waals surface area contributed by atoms with Gasteiger partial charge in [0.2, 0.25) is 0 Å². The smallest absolute Gasteiger partial charge is 0.317 e. The third-order valence-electron chi connectivity index (χ3n) is 4.50. The van der Waals surface area contributed by atoms with Gasteiger partial charge in [-0.15, -0.1) is 0 Å². The first kappa shape index (κ1) is 16.7. The highest BCUT2D eigenvalue weighted by Gasteiger charge is 2.61. The molecule has 0 aromatic carbocycles. The van der Waals surface area contributed by atoms with Crippen LogP contribution in [0.4, 0.5) is 8.78 Å². The van der Waals surface area contributed by atoms with Crippen molar-refractivity contribution in [2.75, 3.05) is 13.2 Å². The van der Waals surface area contributed by atoms with Crippen molar-refractivity contribution in [2.24, 2.45) is 17.8 Å². The highest BCUT2D eigenvalue weighted by Crippen LogP contribution is 2.39. The number of fused-ring (bicyclic) bond motifs is 1. The zero-order valence-corrected chi connectivity index (χ0v) is 12.2. The van der Waals surface area contributed by atoms with E-state index in [1.54, 1.807) is 6.92 Å². The molecule has 9 heteroatoms. The van der Waals surface area contributed by atoms with Gasteiger partial charge in [-0.3, -0.25) is 19.7 Å². The number of nitrogens with one attached hydrogen (secondary N) is 1. The van der Waals surface area contributed by atoms with E-state index in [1.165, 1.54) is 6.92 Å². The number of hydrogen-bond donors (Lipinski definition) is 1. The van der Waals surface area contributed by atoms with Crippen LogP contribution in [0.3, 0.4) is 0 Å². The normalized spacial score (nSPS) is 41.6. The van der Waals surface area contributed by atoms with Crippen LogP contribution in [-0.2, 0) is 14.3 Å². The maximum atomic E-state index is 14.1. The number of Topliss-reactive ketones (excluding diaryl/α,β-unsaturated/α-hetero) is 1. The maximum absolute atomic E-state index is 14.1. The Balaban J connectivity index is 2.33. The van der Waals surface area contributed by atoms with E-state index in [0.29, 0.717) is 0 Å². The lowest BCUT2D eigenvalue weighted by Crippen LogP contribution is -2.68. The van der Waals surface area contributed by atoms with Gasteiger partial charge in [0.25, 0.3) is 6.04 Å². The van der Waals surface area contributed by atoms with E-state index >= 15 is 0 Å². The van der Waals surface area contributed by atoms with Crippen LogP contribution in [0, 0.1) is 27.9 Å². The second-order valence-electron chi connectivity index (χ2n) is 5.69. The summed E-state index contributed by atoms with van der Waals surface area (Å²) in [6.45, 7) is 2.94. The number of esters is 1. The fourth-order valence-electron chi connectivity index (χ4n) is 3.35. The average molecular weight is 320 g/mol. The van der Waals surface area contributed by atoms with E-state index in [0.717, 1.165) is 0 Å². The molecule has 2 fully saturated rings. The number of ketones is 1. The van der Waals surface area contributed by atoms with Crippen LogP contribution < -0.4 is 5.32 Å². The Labute approximate surface area is 125 Å². The molecule has 0 amide bonds. The largest absolute Gasteiger partial charge is 0.465 e. The average Bonchev–Trinajstić information content (AvgIpc) is 2.46. The quantitative estimate of drug-likeness (QED) is 0.347. The summed E-state index contributed by atoms with van der Waals surface area (Å²) in [7, 11) is 0. The summed E-state index contributed by atoms with van der Waals surface area (Å²) in [5, 5.41) is 13.9. The summed E-state index contributed by atoms with van der Waals surface area (Å²) >= 11 is 0. The van der Waals surface area contributed by atoms with Crippen LogP contribution in [0.1, 0.15) is 13.8 Å². The maximum Gasteiger partial charge on any atom is 0.317 e. The third-order valence-corrected chi connectivity index (χ3v) is 4.50. The molecule has 0 radical (unpaired) electrons. The lowest BCUT2D eigenvalue weighted by molar-refractivity contribution is -0.545. The molecule has 1 heterocycles. The predicted molar refractivity (Wildman–Crippen MR) is 70.1 cm³/mol. The number of alkyl halides is 2. The van der Waals surface area contributed by atoms with Gasteiger partial charge in [0.15, 0.2) is 12.0 Å². The van der Waals surface area contributed by atoms with Crippen molar-refractivity contribution in [3.05, 3.63) is 10.1 Å². The molecule has 0 aromatic rings. The van der Waals surface area contributed by atoms with Crippen molar-refractivity contribution in [3.8, 4) is 0 Å². The van der Waals surface area contributed by atoms with Crippen molar-refractivity contribution >= 4 is 11.8 Å². The summed E-state index contributed by atoms with van der Waals surface area (Å²) in [5.41, 5.74) is 0. The number of ether oxygens (including phenoxy) is 1. The van der Waals surface area contributed by atoms with Crippen molar-refractivity contribution in [2.45, 2.75) is 38.3 Å². The molecule has 0 aromatic heterocycles. The van der Waals surface area contributed by atoms with Crippen LogP contribution in [0.2, 0.25) is 0 Å². The molecule has 124 valence electrons. The second kappa shape index (κ2) is 6.23. The number of nitrogens with zero attached hydrogens (tertiary/aromatic N) is 1. The van der Waals surface area contributed by atoms with Gasteiger partial charge in [-0.1, -0.05) is 6.92 Å².